The van der Waals surface area contributed by atoms with Crippen molar-refractivity contribution in [3.8, 4) is 0 Å². The summed E-state index contributed by atoms with van der Waals surface area (Å²) in [4.78, 5) is 15.4. The smallest absolute Gasteiger partial charge is 0.234 e. The lowest BCUT2D eigenvalue weighted by Gasteiger charge is -2.23. The number of hydrogen-bond donors (Lipinski definition) is 2. The minimum absolute atomic E-state index is 0. The van der Waals surface area contributed by atoms with Crippen LogP contribution in [0.2, 0.25) is 0 Å². The van der Waals surface area contributed by atoms with Gasteiger partial charge >= 0.3 is 0 Å². The van der Waals surface area contributed by atoms with Gasteiger partial charge in [-0.2, -0.15) is 0 Å². The summed E-state index contributed by atoms with van der Waals surface area (Å²) in [6, 6.07) is 4.53. The number of carbonyl (C=O) groups excluding carboxylic acids is 1. The lowest BCUT2D eigenvalue weighted by atomic mass is 10.2. The van der Waals surface area contributed by atoms with Crippen molar-refractivity contribution in [2.45, 2.75) is 31.8 Å². The van der Waals surface area contributed by atoms with E-state index in [0.29, 0.717) is 19.1 Å². The van der Waals surface area contributed by atoms with E-state index < -0.39 is 0 Å². The van der Waals surface area contributed by atoms with Crippen LogP contribution in [0.5, 0.6) is 0 Å². The molecule has 3 N–H and O–H groups in total. The van der Waals surface area contributed by atoms with Gasteiger partial charge in [-0.1, -0.05) is 6.07 Å². The van der Waals surface area contributed by atoms with E-state index in [2.05, 4.69) is 10.2 Å². The number of amides is 1. The molecule has 4 nitrogen and oxygen atoms in total. The molecule has 2 heterocycles. The molecule has 0 radical (unpaired) electrons. The molecule has 1 saturated heterocycles. The van der Waals surface area contributed by atoms with Crippen molar-refractivity contribution in [1.29, 1.82) is 0 Å². The highest BCUT2D eigenvalue weighted by atomic mass is 35.5. The first-order valence-corrected chi connectivity index (χ1v) is 7.35. The monoisotopic (exact) mass is 303 g/mol. The predicted molar refractivity (Wildman–Crippen MR) is 81.8 cm³/mol. The van der Waals surface area contributed by atoms with Gasteiger partial charge in [0, 0.05) is 17.5 Å². The maximum Gasteiger partial charge on any atom is 0.234 e. The van der Waals surface area contributed by atoms with Crippen LogP contribution in [-0.2, 0) is 4.79 Å². The van der Waals surface area contributed by atoms with Crippen LogP contribution in [0.1, 0.15) is 30.7 Å². The van der Waals surface area contributed by atoms with Crippen LogP contribution in [0.15, 0.2) is 17.5 Å². The molecule has 2 unspecified atom stereocenters. The van der Waals surface area contributed by atoms with Gasteiger partial charge in [-0.25, -0.2) is 0 Å². The highest BCUT2D eigenvalue weighted by Gasteiger charge is 2.25. The van der Waals surface area contributed by atoms with Gasteiger partial charge < -0.3 is 11.1 Å². The molecule has 19 heavy (non-hydrogen) atoms. The van der Waals surface area contributed by atoms with E-state index in [1.54, 1.807) is 11.3 Å². The average Bonchev–Trinajstić information content (AvgIpc) is 2.98. The quantitative estimate of drug-likeness (QED) is 0.871. The van der Waals surface area contributed by atoms with E-state index >= 15 is 0 Å². The topological polar surface area (TPSA) is 58.4 Å². The van der Waals surface area contributed by atoms with Crippen molar-refractivity contribution in [2.75, 3.05) is 19.6 Å². The predicted octanol–water partition coefficient (Wildman–Crippen LogP) is 1.77. The van der Waals surface area contributed by atoms with Crippen molar-refractivity contribution in [1.82, 2.24) is 10.2 Å². The Morgan fingerprint density at radius 3 is 3.11 bits per heavy atom. The summed E-state index contributed by atoms with van der Waals surface area (Å²) in [6.07, 6.45) is 2.26. The molecule has 1 aromatic heterocycles. The second kappa shape index (κ2) is 7.85. The average molecular weight is 304 g/mol. The molecule has 0 aliphatic carbocycles. The molecule has 2 rings (SSSR count). The van der Waals surface area contributed by atoms with Gasteiger partial charge in [0.15, 0.2) is 0 Å². The van der Waals surface area contributed by atoms with Crippen LogP contribution in [0, 0.1) is 0 Å². The Morgan fingerprint density at radius 1 is 1.68 bits per heavy atom. The summed E-state index contributed by atoms with van der Waals surface area (Å²) in [7, 11) is 0. The molecular weight excluding hydrogens is 282 g/mol. The molecular formula is C13H22ClN3OS. The fourth-order valence-corrected chi connectivity index (χ4v) is 3.19. The number of nitrogens with zero attached hydrogens (tertiary/aromatic N) is 1. The third kappa shape index (κ3) is 4.45. The van der Waals surface area contributed by atoms with Crippen molar-refractivity contribution in [2.24, 2.45) is 5.73 Å². The minimum atomic E-state index is 0. The number of nitrogens with two attached hydrogens (primary N) is 1. The fourth-order valence-electron chi connectivity index (χ4n) is 2.45. The van der Waals surface area contributed by atoms with Crippen molar-refractivity contribution < 1.29 is 4.79 Å². The third-order valence-electron chi connectivity index (χ3n) is 3.47. The van der Waals surface area contributed by atoms with Crippen LogP contribution in [0.3, 0.4) is 0 Å². The molecule has 1 fully saturated rings. The Morgan fingerprint density at radius 2 is 2.47 bits per heavy atom. The van der Waals surface area contributed by atoms with Gasteiger partial charge in [-0.3, -0.25) is 9.69 Å². The molecule has 0 aromatic carbocycles. The molecule has 6 heteroatoms. The summed E-state index contributed by atoms with van der Waals surface area (Å²) in [5.74, 6) is 0.0938. The van der Waals surface area contributed by atoms with Gasteiger partial charge in [-0.05, 0) is 37.8 Å². The Bertz CT molecular complexity index is 385. The lowest BCUT2D eigenvalue weighted by Crippen LogP contribution is -2.43. The molecule has 0 bridgehead atoms. The number of carbonyl (C=O) groups is 1. The summed E-state index contributed by atoms with van der Waals surface area (Å²) in [6.45, 7) is 4.13. The fraction of sp³-hybridized carbons (Fsp3) is 0.615. The molecule has 2 atom stereocenters. The second-order valence-electron chi connectivity index (χ2n) is 4.81. The number of rotatable bonds is 5. The zero-order chi connectivity index (χ0) is 13.0. The van der Waals surface area contributed by atoms with Crippen LogP contribution in [0.4, 0.5) is 0 Å². The minimum Gasteiger partial charge on any atom is -0.348 e. The third-order valence-corrected chi connectivity index (χ3v) is 4.52. The van der Waals surface area contributed by atoms with E-state index in [-0.39, 0.29) is 24.4 Å². The van der Waals surface area contributed by atoms with E-state index in [9.17, 15) is 4.79 Å². The Kier molecular flexibility index (Phi) is 6.79. The second-order valence-corrected chi connectivity index (χ2v) is 5.79. The van der Waals surface area contributed by atoms with E-state index in [1.807, 2.05) is 24.4 Å². The number of nitrogens with one attached hydrogen (secondary N) is 1. The number of thiophene rings is 1. The molecule has 108 valence electrons. The molecule has 1 aliphatic heterocycles. The van der Waals surface area contributed by atoms with Crippen LogP contribution in [-0.4, -0.2) is 36.5 Å². The molecule has 1 aliphatic rings. The first-order chi connectivity index (χ1) is 8.70. The summed E-state index contributed by atoms with van der Waals surface area (Å²) < 4.78 is 0. The van der Waals surface area contributed by atoms with Gasteiger partial charge in [0.05, 0.1) is 12.6 Å². The highest BCUT2D eigenvalue weighted by molar-refractivity contribution is 7.10. The molecule has 0 saturated carbocycles. The van der Waals surface area contributed by atoms with Gasteiger partial charge in [0.2, 0.25) is 5.91 Å². The van der Waals surface area contributed by atoms with E-state index in [0.717, 1.165) is 19.4 Å². The Labute approximate surface area is 124 Å². The summed E-state index contributed by atoms with van der Waals surface area (Å²) in [5.41, 5.74) is 5.71. The molecule has 0 spiro atoms. The Balaban J connectivity index is 0.00000180. The van der Waals surface area contributed by atoms with Crippen LogP contribution in [0.25, 0.3) is 0 Å². The molecule has 1 aromatic rings. The first-order valence-electron chi connectivity index (χ1n) is 6.47. The van der Waals surface area contributed by atoms with Crippen LogP contribution < -0.4 is 11.1 Å². The summed E-state index contributed by atoms with van der Waals surface area (Å²) in [5, 5.41) is 5.07. The maximum absolute atomic E-state index is 12.0. The number of likely N-dealkylation sites (tertiary alicyclic amines) is 1. The van der Waals surface area contributed by atoms with Gasteiger partial charge in [-0.15, -0.1) is 23.7 Å². The van der Waals surface area contributed by atoms with Crippen molar-refractivity contribution in [3.63, 3.8) is 0 Å². The largest absolute Gasteiger partial charge is 0.348 e. The van der Waals surface area contributed by atoms with Crippen LogP contribution >= 0.6 is 23.7 Å². The SMILES string of the molecule is CC(NC(=O)CN1CCCC1CN)c1cccs1.Cl. The zero-order valence-electron chi connectivity index (χ0n) is 11.2. The normalized spacial score (nSPS) is 20.8. The number of hydrogen-bond acceptors (Lipinski definition) is 4. The van der Waals surface area contributed by atoms with Gasteiger partial charge in [0.25, 0.3) is 0 Å². The van der Waals surface area contributed by atoms with Crippen molar-refractivity contribution >= 4 is 29.7 Å². The van der Waals surface area contributed by atoms with E-state index in [1.165, 1.54) is 4.88 Å². The molecule has 1 amide bonds. The van der Waals surface area contributed by atoms with E-state index in [4.69, 9.17) is 5.73 Å². The van der Waals surface area contributed by atoms with Crippen molar-refractivity contribution in [3.05, 3.63) is 22.4 Å². The summed E-state index contributed by atoms with van der Waals surface area (Å²) >= 11 is 1.67. The standard InChI is InChI=1S/C13H21N3OS.ClH/c1-10(12-5-3-7-18-12)15-13(17)9-16-6-2-4-11(16)8-14;/h3,5,7,10-11H,2,4,6,8-9,14H2,1H3,(H,15,17);1H. The zero-order valence-corrected chi connectivity index (χ0v) is 12.8. The van der Waals surface area contributed by atoms with Gasteiger partial charge in [0.1, 0.15) is 0 Å². The Hall–Kier alpha value is -0.620. The highest BCUT2D eigenvalue weighted by Crippen LogP contribution is 2.19. The first kappa shape index (κ1) is 16.4. The lowest BCUT2D eigenvalue weighted by molar-refractivity contribution is -0.123. The number of halogens is 1. The maximum atomic E-state index is 12.0.